The van der Waals surface area contributed by atoms with Gasteiger partial charge in [-0.2, -0.15) is 4.31 Å². The summed E-state index contributed by atoms with van der Waals surface area (Å²) in [5, 5.41) is 0. The van der Waals surface area contributed by atoms with Crippen LogP contribution < -0.4 is 14.5 Å². The molecule has 2 aromatic rings. The zero-order valence-corrected chi connectivity index (χ0v) is 18.7. The first-order chi connectivity index (χ1) is 14.4. The quantitative estimate of drug-likeness (QED) is 0.718. The van der Waals surface area contributed by atoms with E-state index in [9.17, 15) is 8.42 Å². The summed E-state index contributed by atoms with van der Waals surface area (Å²) in [7, 11) is -1.96. The van der Waals surface area contributed by atoms with Crippen LogP contribution in [0.15, 0.2) is 29.4 Å². The average molecular weight is 432 g/mol. The highest BCUT2D eigenvalue weighted by atomic mass is 32.2. The Morgan fingerprint density at radius 3 is 2.03 bits per heavy atom. The number of piperazine rings is 1. The first kappa shape index (κ1) is 20.9. The number of hydrogen-bond donors (Lipinski definition) is 0. The van der Waals surface area contributed by atoms with Crippen molar-refractivity contribution in [3.05, 3.63) is 35.7 Å². The maximum atomic E-state index is 13.3. The summed E-state index contributed by atoms with van der Waals surface area (Å²) < 4.78 is 33.4. The Balaban J connectivity index is 1.48. The minimum atomic E-state index is -3.56. The fourth-order valence-electron chi connectivity index (χ4n) is 4.19. The summed E-state index contributed by atoms with van der Waals surface area (Å²) in [6.07, 6.45) is 4.00. The molecular formula is C21H29N5O3S. The van der Waals surface area contributed by atoms with Crippen LogP contribution in [0, 0.1) is 13.8 Å². The van der Waals surface area contributed by atoms with Gasteiger partial charge in [-0.25, -0.2) is 18.4 Å². The van der Waals surface area contributed by atoms with E-state index in [1.54, 1.807) is 29.9 Å². The maximum absolute atomic E-state index is 13.3. The molecule has 0 N–H and O–H groups in total. The molecule has 30 heavy (non-hydrogen) atoms. The Kier molecular flexibility index (Phi) is 5.84. The van der Waals surface area contributed by atoms with E-state index in [0.29, 0.717) is 42.4 Å². The fourth-order valence-corrected chi connectivity index (χ4v) is 5.90. The van der Waals surface area contributed by atoms with E-state index in [4.69, 9.17) is 4.74 Å². The van der Waals surface area contributed by atoms with Crippen molar-refractivity contribution in [1.29, 1.82) is 0 Å². The number of rotatable bonds is 5. The van der Waals surface area contributed by atoms with Crippen molar-refractivity contribution in [2.45, 2.75) is 31.6 Å². The number of benzene rings is 1. The summed E-state index contributed by atoms with van der Waals surface area (Å²) in [6.45, 7) is 7.79. The average Bonchev–Trinajstić information content (AvgIpc) is 3.30. The predicted molar refractivity (Wildman–Crippen MR) is 117 cm³/mol. The Hall–Kier alpha value is -2.39. The van der Waals surface area contributed by atoms with Crippen LogP contribution in [-0.2, 0) is 10.0 Å². The molecule has 2 aliphatic rings. The third-order valence-corrected chi connectivity index (χ3v) is 7.98. The molecule has 0 amide bonds. The van der Waals surface area contributed by atoms with Gasteiger partial charge in [0.05, 0.1) is 12.0 Å². The summed E-state index contributed by atoms with van der Waals surface area (Å²) in [6, 6.07) is 5.52. The molecule has 8 nitrogen and oxygen atoms in total. The summed E-state index contributed by atoms with van der Waals surface area (Å²) in [5.41, 5.74) is 1.52. The first-order valence-corrected chi connectivity index (χ1v) is 11.8. The van der Waals surface area contributed by atoms with Gasteiger partial charge in [-0.3, -0.25) is 0 Å². The normalized spacial score (nSPS) is 18.1. The van der Waals surface area contributed by atoms with Gasteiger partial charge < -0.3 is 14.5 Å². The van der Waals surface area contributed by atoms with E-state index in [1.807, 2.05) is 19.9 Å². The highest BCUT2D eigenvalue weighted by molar-refractivity contribution is 7.89. The second-order valence-corrected chi connectivity index (χ2v) is 9.81. The number of ether oxygens (including phenoxy) is 1. The molecule has 0 aliphatic carbocycles. The van der Waals surface area contributed by atoms with Gasteiger partial charge in [0.25, 0.3) is 0 Å². The summed E-state index contributed by atoms with van der Waals surface area (Å²) in [4.78, 5) is 13.6. The van der Waals surface area contributed by atoms with Gasteiger partial charge in [0.2, 0.25) is 10.0 Å². The number of sulfonamides is 1. The molecule has 0 bridgehead atoms. The van der Waals surface area contributed by atoms with Crippen molar-refractivity contribution in [2.24, 2.45) is 0 Å². The molecule has 0 atom stereocenters. The topological polar surface area (TPSA) is 78.9 Å². The Labute approximate surface area is 178 Å². The lowest BCUT2D eigenvalue weighted by molar-refractivity contribution is 0.383. The molecule has 0 unspecified atom stereocenters. The number of aryl methyl sites for hydroxylation is 2. The maximum Gasteiger partial charge on any atom is 0.243 e. The van der Waals surface area contributed by atoms with Gasteiger partial charge in [-0.05, 0) is 49.9 Å². The second kappa shape index (κ2) is 8.39. The van der Waals surface area contributed by atoms with Crippen LogP contribution in [-0.4, -0.2) is 69.1 Å². The van der Waals surface area contributed by atoms with Gasteiger partial charge in [0, 0.05) is 45.3 Å². The zero-order chi connectivity index (χ0) is 21.3. The molecule has 162 valence electrons. The molecule has 2 saturated heterocycles. The molecule has 1 aromatic carbocycles. The molecular weight excluding hydrogens is 402 g/mol. The molecule has 1 aromatic heterocycles. The Morgan fingerprint density at radius 2 is 1.43 bits per heavy atom. The molecule has 0 saturated carbocycles. The lowest BCUT2D eigenvalue weighted by atomic mass is 10.1. The van der Waals surface area contributed by atoms with Crippen molar-refractivity contribution in [1.82, 2.24) is 14.3 Å². The van der Waals surface area contributed by atoms with Crippen LogP contribution in [0.4, 0.5) is 11.6 Å². The predicted octanol–water partition coefficient (Wildman–Crippen LogP) is 2.21. The van der Waals surface area contributed by atoms with Gasteiger partial charge >= 0.3 is 0 Å². The van der Waals surface area contributed by atoms with E-state index in [-0.39, 0.29) is 0 Å². The number of anilines is 2. The van der Waals surface area contributed by atoms with Crippen LogP contribution in [0.5, 0.6) is 5.75 Å². The standard InChI is InChI=1S/C21H29N5O3S/c1-16-13-19(17(2)12-18(16)29-3)30(27,28)26-10-8-25(9-11-26)21-14-20(22-15-23-21)24-6-4-5-7-24/h12-15H,4-11H2,1-3H3. The third kappa shape index (κ3) is 3.96. The summed E-state index contributed by atoms with van der Waals surface area (Å²) >= 11 is 0. The van der Waals surface area contributed by atoms with Crippen LogP contribution >= 0.6 is 0 Å². The molecule has 9 heteroatoms. The highest BCUT2D eigenvalue weighted by Crippen LogP contribution is 2.29. The van der Waals surface area contributed by atoms with E-state index in [0.717, 1.165) is 30.3 Å². The van der Waals surface area contributed by atoms with Gasteiger partial charge in [0.1, 0.15) is 23.7 Å². The third-order valence-electron chi connectivity index (χ3n) is 5.94. The molecule has 0 spiro atoms. The number of aromatic nitrogens is 2. The number of nitrogens with zero attached hydrogens (tertiary/aromatic N) is 5. The highest BCUT2D eigenvalue weighted by Gasteiger charge is 2.31. The van der Waals surface area contributed by atoms with E-state index >= 15 is 0 Å². The Morgan fingerprint density at radius 1 is 0.833 bits per heavy atom. The molecule has 0 radical (unpaired) electrons. The molecule has 2 aliphatic heterocycles. The van der Waals surface area contributed by atoms with Crippen LogP contribution in [0.1, 0.15) is 24.0 Å². The number of hydrogen-bond acceptors (Lipinski definition) is 7. The molecule has 3 heterocycles. The van der Waals surface area contributed by atoms with Crippen molar-refractivity contribution in [3.8, 4) is 5.75 Å². The first-order valence-electron chi connectivity index (χ1n) is 10.4. The lowest BCUT2D eigenvalue weighted by Gasteiger charge is -2.35. The van der Waals surface area contributed by atoms with Crippen molar-refractivity contribution in [2.75, 3.05) is 56.2 Å². The van der Waals surface area contributed by atoms with E-state index in [2.05, 4.69) is 19.8 Å². The Bertz CT molecular complexity index is 1010. The second-order valence-electron chi connectivity index (χ2n) is 7.91. The largest absolute Gasteiger partial charge is 0.496 e. The summed E-state index contributed by atoms with van der Waals surface area (Å²) in [5.74, 6) is 2.52. The van der Waals surface area contributed by atoms with Gasteiger partial charge in [0.15, 0.2) is 0 Å². The molecule has 2 fully saturated rings. The minimum absolute atomic E-state index is 0.354. The van der Waals surface area contributed by atoms with Crippen LogP contribution in [0.25, 0.3) is 0 Å². The van der Waals surface area contributed by atoms with Crippen molar-refractivity contribution >= 4 is 21.7 Å². The lowest BCUT2D eigenvalue weighted by Crippen LogP contribution is -2.49. The van der Waals surface area contributed by atoms with E-state index in [1.165, 1.54) is 12.8 Å². The van der Waals surface area contributed by atoms with Crippen molar-refractivity contribution in [3.63, 3.8) is 0 Å². The van der Waals surface area contributed by atoms with Crippen LogP contribution in [0.3, 0.4) is 0 Å². The van der Waals surface area contributed by atoms with E-state index < -0.39 is 10.0 Å². The fraction of sp³-hybridized carbons (Fsp3) is 0.524. The number of methoxy groups -OCH3 is 1. The van der Waals surface area contributed by atoms with Gasteiger partial charge in [-0.1, -0.05) is 0 Å². The van der Waals surface area contributed by atoms with Gasteiger partial charge in [-0.15, -0.1) is 0 Å². The smallest absolute Gasteiger partial charge is 0.243 e. The monoisotopic (exact) mass is 431 g/mol. The SMILES string of the molecule is COc1cc(C)c(S(=O)(=O)N2CCN(c3cc(N4CCCC4)ncn3)CC2)cc1C. The van der Waals surface area contributed by atoms with Crippen molar-refractivity contribution < 1.29 is 13.2 Å². The minimum Gasteiger partial charge on any atom is -0.496 e. The van der Waals surface area contributed by atoms with Crippen LogP contribution in [0.2, 0.25) is 0 Å². The molecule has 4 rings (SSSR count). The zero-order valence-electron chi connectivity index (χ0n) is 17.8.